The Bertz CT molecular complexity index is 635. The number of carbonyl (C=O) groups excluding carboxylic acids is 1. The number of rotatable bonds is 5. The Kier molecular flexibility index (Phi) is 5.64. The lowest BCUT2D eigenvalue weighted by Gasteiger charge is -2.32. The minimum atomic E-state index is -0.481. The third kappa shape index (κ3) is 4.64. The maximum Gasteiger partial charge on any atom is 0.492 e. The van der Waals surface area contributed by atoms with E-state index in [0.717, 1.165) is 16.7 Å². The third-order valence-electron chi connectivity index (χ3n) is 4.86. The van der Waals surface area contributed by atoms with Crippen molar-refractivity contribution in [2.75, 3.05) is 25.5 Å². The summed E-state index contributed by atoms with van der Waals surface area (Å²) in [6.07, 6.45) is 2.03. The van der Waals surface area contributed by atoms with Crippen molar-refractivity contribution < 1.29 is 14.1 Å². The molecule has 1 aromatic carbocycles. The topological polar surface area (TPSA) is 50.8 Å². The summed E-state index contributed by atoms with van der Waals surface area (Å²) in [5.74, 6) is -0.0784. The molecule has 1 fully saturated rings. The molecule has 1 amide bonds. The molecule has 0 aliphatic carbocycles. The molecule has 1 saturated heterocycles. The van der Waals surface area contributed by atoms with Gasteiger partial charge in [-0.15, -0.1) is 0 Å². The van der Waals surface area contributed by atoms with E-state index in [4.69, 9.17) is 9.31 Å². The average Bonchev–Trinajstić information content (AvgIpc) is 2.72. The van der Waals surface area contributed by atoms with Crippen molar-refractivity contribution >= 4 is 24.8 Å². The summed E-state index contributed by atoms with van der Waals surface area (Å²) in [4.78, 5) is 13.4. The van der Waals surface area contributed by atoms with E-state index in [9.17, 15) is 4.79 Å². The lowest BCUT2D eigenvalue weighted by molar-refractivity contribution is -0.118. The van der Waals surface area contributed by atoms with Crippen LogP contribution in [0.25, 0.3) is 6.08 Å². The van der Waals surface area contributed by atoms with Gasteiger partial charge in [-0.3, -0.25) is 4.79 Å². The molecule has 0 atom stereocenters. The molecule has 25 heavy (non-hydrogen) atoms. The van der Waals surface area contributed by atoms with E-state index >= 15 is 0 Å². The van der Waals surface area contributed by atoms with Gasteiger partial charge in [0.05, 0.1) is 11.2 Å². The van der Waals surface area contributed by atoms with Gasteiger partial charge in [-0.05, 0) is 50.9 Å². The van der Waals surface area contributed by atoms with E-state index in [1.165, 1.54) is 6.92 Å². The second-order valence-electron chi connectivity index (χ2n) is 7.70. The Labute approximate surface area is 151 Å². The zero-order valence-electron chi connectivity index (χ0n) is 16.3. The maximum absolute atomic E-state index is 11.4. The summed E-state index contributed by atoms with van der Waals surface area (Å²) >= 11 is 0. The van der Waals surface area contributed by atoms with Gasteiger partial charge in [0.2, 0.25) is 5.91 Å². The van der Waals surface area contributed by atoms with E-state index in [0.29, 0.717) is 6.54 Å². The number of amides is 1. The second kappa shape index (κ2) is 7.22. The number of nitrogens with zero attached hydrogens (tertiary/aromatic N) is 1. The molecule has 136 valence electrons. The quantitative estimate of drug-likeness (QED) is 0.835. The fourth-order valence-corrected chi connectivity index (χ4v) is 2.51. The van der Waals surface area contributed by atoms with Crippen LogP contribution in [0.2, 0.25) is 0 Å². The van der Waals surface area contributed by atoms with Crippen LogP contribution in [0.1, 0.15) is 40.2 Å². The van der Waals surface area contributed by atoms with Crippen LogP contribution < -0.4 is 10.2 Å². The molecule has 1 aliphatic heterocycles. The summed E-state index contributed by atoms with van der Waals surface area (Å²) in [5, 5.41) is 2.85. The van der Waals surface area contributed by atoms with Crippen LogP contribution in [0.15, 0.2) is 29.7 Å². The number of anilines is 1. The van der Waals surface area contributed by atoms with Crippen molar-refractivity contribution in [3.05, 3.63) is 35.3 Å². The minimum Gasteiger partial charge on any atom is -0.400 e. The highest BCUT2D eigenvalue weighted by Crippen LogP contribution is 2.38. The Hall–Kier alpha value is -1.79. The van der Waals surface area contributed by atoms with Gasteiger partial charge in [0.25, 0.3) is 0 Å². The van der Waals surface area contributed by atoms with E-state index in [2.05, 4.69) is 22.3 Å². The normalized spacial score (nSPS) is 19.0. The number of hydrogen-bond acceptors (Lipinski definition) is 4. The highest BCUT2D eigenvalue weighted by molar-refractivity contribution is 6.56. The molecule has 0 aromatic heterocycles. The first-order valence-corrected chi connectivity index (χ1v) is 8.60. The first kappa shape index (κ1) is 19.5. The highest BCUT2D eigenvalue weighted by Gasteiger charge is 2.52. The van der Waals surface area contributed by atoms with Crippen LogP contribution in [-0.2, 0) is 14.1 Å². The fourth-order valence-electron chi connectivity index (χ4n) is 2.51. The van der Waals surface area contributed by atoms with E-state index in [-0.39, 0.29) is 5.91 Å². The molecular weight excluding hydrogens is 315 g/mol. The van der Waals surface area contributed by atoms with Gasteiger partial charge in [0.15, 0.2) is 0 Å². The molecule has 1 N–H and O–H groups in total. The second-order valence-corrected chi connectivity index (χ2v) is 7.70. The number of hydrogen-bond donors (Lipinski definition) is 1. The van der Waals surface area contributed by atoms with Crippen LogP contribution in [0.5, 0.6) is 0 Å². The molecule has 1 aliphatic rings. The maximum atomic E-state index is 11.4. The summed E-state index contributed by atoms with van der Waals surface area (Å²) < 4.78 is 12.3. The van der Waals surface area contributed by atoms with E-state index < -0.39 is 18.3 Å². The van der Waals surface area contributed by atoms with Crippen molar-refractivity contribution in [3.8, 4) is 0 Å². The summed E-state index contributed by atoms with van der Waals surface area (Å²) in [6.45, 7) is 9.99. The lowest BCUT2D eigenvalue weighted by atomic mass is 9.77. The van der Waals surface area contributed by atoms with Crippen LogP contribution in [-0.4, -0.2) is 44.9 Å². The Balaban J connectivity index is 2.28. The van der Waals surface area contributed by atoms with Crippen molar-refractivity contribution in [2.24, 2.45) is 0 Å². The fraction of sp³-hybridized carbons (Fsp3) is 0.526. The Morgan fingerprint density at radius 3 is 2.08 bits per heavy atom. The monoisotopic (exact) mass is 344 g/mol. The summed E-state index contributed by atoms with van der Waals surface area (Å²) in [6, 6.07) is 8.22. The van der Waals surface area contributed by atoms with Gasteiger partial charge in [-0.2, -0.15) is 0 Å². The Morgan fingerprint density at radius 2 is 1.64 bits per heavy atom. The molecule has 5 nitrogen and oxygen atoms in total. The number of carbonyl (C=O) groups is 1. The molecule has 0 unspecified atom stereocenters. The van der Waals surface area contributed by atoms with Gasteiger partial charge < -0.3 is 19.5 Å². The van der Waals surface area contributed by atoms with E-state index in [1.807, 2.05) is 60.0 Å². The van der Waals surface area contributed by atoms with Crippen LogP contribution >= 0.6 is 0 Å². The largest absolute Gasteiger partial charge is 0.492 e. The van der Waals surface area contributed by atoms with Crippen molar-refractivity contribution in [1.82, 2.24) is 5.32 Å². The highest BCUT2D eigenvalue weighted by atomic mass is 16.7. The SMILES string of the molecule is CC(=O)NCC(=Cc1ccc(N(C)C)cc1)B1OC(C)(C)C(C)(C)O1. The van der Waals surface area contributed by atoms with Gasteiger partial charge in [-0.25, -0.2) is 0 Å². The van der Waals surface area contributed by atoms with Gasteiger partial charge >= 0.3 is 7.12 Å². The molecule has 1 heterocycles. The molecule has 0 radical (unpaired) electrons. The lowest BCUT2D eigenvalue weighted by Crippen LogP contribution is -2.41. The smallest absolute Gasteiger partial charge is 0.400 e. The van der Waals surface area contributed by atoms with Crippen LogP contribution in [0, 0.1) is 0 Å². The number of nitrogens with one attached hydrogen (secondary N) is 1. The van der Waals surface area contributed by atoms with Gasteiger partial charge in [0, 0.05) is 33.3 Å². The molecule has 0 saturated carbocycles. The molecule has 6 heteroatoms. The Morgan fingerprint density at radius 1 is 1.12 bits per heavy atom. The van der Waals surface area contributed by atoms with Crippen LogP contribution in [0.4, 0.5) is 5.69 Å². The van der Waals surface area contributed by atoms with Crippen LogP contribution in [0.3, 0.4) is 0 Å². The molecule has 2 rings (SSSR count). The molecule has 0 spiro atoms. The molecule has 1 aromatic rings. The number of benzene rings is 1. The first-order valence-electron chi connectivity index (χ1n) is 8.60. The summed E-state index contributed by atoms with van der Waals surface area (Å²) in [5.41, 5.74) is 2.24. The first-order chi connectivity index (χ1) is 11.5. The van der Waals surface area contributed by atoms with E-state index in [1.54, 1.807) is 0 Å². The average molecular weight is 344 g/mol. The van der Waals surface area contributed by atoms with Crippen molar-refractivity contribution in [1.29, 1.82) is 0 Å². The zero-order valence-corrected chi connectivity index (χ0v) is 16.3. The molecular formula is C19H29BN2O3. The van der Waals surface area contributed by atoms with Gasteiger partial charge in [0.1, 0.15) is 0 Å². The third-order valence-corrected chi connectivity index (χ3v) is 4.86. The van der Waals surface area contributed by atoms with Crippen molar-refractivity contribution in [3.63, 3.8) is 0 Å². The predicted octanol–water partition coefficient (Wildman–Crippen LogP) is 2.90. The predicted molar refractivity (Wildman–Crippen MR) is 104 cm³/mol. The molecule has 0 bridgehead atoms. The minimum absolute atomic E-state index is 0.0784. The summed E-state index contributed by atoms with van der Waals surface area (Å²) in [7, 11) is 3.54. The zero-order chi connectivity index (χ0) is 18.8. The van der Waals surface area contributed by atoms with Gasteiger partial charge in [-0.1, -0.05) is 18.2 Å². The standard InChI is InChI=1S/C19H29BN2O3/c1-14(23)21-13-16(20-24-18(2,3)19(4,5)25-20)12-15-8-10-17(11-9-15)22(6)7/h8-12H,13H2,1-7H3,(H,21,23). The van der Waals surface area contributed by atoms with Crippen molar-refractivity contribution in [2.45, 2.75) is 45.8 Å².